The lowest BCUT2D eigenvalue weighted by molar-refractivity contribution is -0.134. The van der Waals surface area contributed by atoms with E-state index in [-0.39, 0.29) is 5.97 Å². The number of carbonyl (C=O) groups is 1. The summed E-state index contributed by atoms with van der Waals surface area (Å²) in [6, 6.07) is 0. The van der Waals surface area contributed by atoms with E-state index >= 15 is 0 Å². The van der Waals surface area contributed by atoms with Gasteiger partial charge >= 0.3 is 5.97 Å². The number of hydrogen-bond acceptors (Lipinski definition) is 2. The van der Waals surface area contributed by atoms with Crippen molar-refractivity contribution < 1.29 is 9.53 Å². The highest BCUT2D eigenvalue weighted by Gasteiger charge is 2.07. The number of methoxy groups -OCH3 is 1. The Morgan fingerprint density at radius 1 is 0.870 bits per heavy atom. The van der Waals surface area contributed by atoms with Gasteiger partial charge < -0.3 is 4.74 Å². The largest absolute Gasteiger partial charge is 0.466 e. The van der Waals surface area contributed by atoms with Crippen LogP contribution in [0.2, 0.25) is 0 Å². The number of esters is 1. The standard InChI is InChI=1S/C21H40O2/c1-17(2)10-7-11-18(3)12-8-13-19(4)14-9-15-20(5)16-21(22)23-6/h16-19H,7-15H2,1-6H3/b20-16-/t18-,19-/m1/s1. The minimum Gasteiger partial charge on any atom is -0.466 e. The SMILES string of the molecule is COC(=O)/C=C(/C)CCC[C@H](C)CCC[C@H](C)CCCC(C)C. The quantitative estimate of drug-likeness (QED) is 0.284. The number of carbonyl (C=O) groups excluding carboxylic acids is 1. The van der Waals surface area contributed by atoms with E-state index in [9.17, 15) is 4.79 Å². The van der Waals surface area contributed by atoms with Crippen LogP contribution in [0.5, 0.6) is 0 Å². The van der Waals surface area contributed by atoms with Crippen molar-refractivity contribution in [1.29, 1.82) is 0 Å². The zero-order valence-corrected chi connectivity index (χ0v) is 16.5. The number of ether oxygens (including phenoxy) is 1. The molecule has 0 saturated heterocycles. The van der Waals surface area contributed by atoms with Crippen LogP contribution < -0.4 is 0 Å². The Morgan fingerprint density at radius 2 is 1.35 bits per heavy atom. The molecule has 0 N–H and O–H groups in total. The van der Waals surface area contributed by atoms with E-state index in [1.54, 1.807) is 6.08 Å². The molecule has 23 heavy (non-hydrogen) atoms. The lowest BCUT2D eigenvalue weighted by Crippen LogP contribution is -2.00. The highest BCUT2D eigenvalue weighted by molar-refractivity contribution is 5.82. The number of rotatable bonds is 13. The Kier molecular flexibility index (Phi) is 13.2. The molecule has 0 aliphatic heterocycles. The van der Waals surface area contributed by atoms with Gasteiger partial charge in [0.25, 0.3) is 0 Å². The molecule has 0 aliphatic rings. The molecular formula is C21H40O2. The first-order valence-electron chi connectivity index (χ1n) is 9.60. The highest BCUT2D eigenvalue weighted by atomic mass is 16.5. The van der Waals surface area contributed by atoms with Crippen LogP contribution in [0, 0.1) is 17.8 Å². The maximum absolute atomic E-state index is 11.1. The summed E-state index contributed by atoms with van der Waals surface area (Å²) in [5, 5.41) is 0. The molecule has 2 nitrogen and oxygen atoms in total. The molecule has 0 radical (unpaired) electrons. The predicted molar refractivity (Wildman–Crippen MR) is 100 cm³/mol. The summed E-state index contributed by atoms with van der Waals surface area (Å²) in [4.78, 5) is 11.1. The van der Waals surface area contributed by atoms with Crippen LogP contribution in [0.3, 0.4) is 0 Å². The normalized spacial score (nSPS) is 14.8. The van der Waals surface area contributed by atoms with Crippen LogP contribution in [0.1, 0.15) is 92.4 Å². The summed E-state index contributed by atoms with van der Waals surface area (Å²) in [7, 11) is 1.43. The van der Waals surface area contributed by atoms with Crippen molar-refractivity contribution in [3.63, 3.8) is 0 Å². The molecule has 0 unspecified atom stereocenters. The van der Waals surface area contributed by atoms with Crippen molar-refractivity contribution in [3.05, 3.63) is 11.6 Å². The monoisotopic (exact) mass is 324 g/mol. The Morgan fingerprint density at radius 3 is 1.83 bits per heavy atom. The van der Waals surface area contributed by atoms with E-state index in [0.29, 0.717) is 0 Å². The van der Waals surface area contributed by atoms with Gasteiger partial charge in [-0.1, -0.05) is 78.2 Å². The minimum absolute atomic E-state index is 0.234. The first-order valence-corrected chi connectivity index (χ1v) is 9.60. The van der Waals surface area contributed by atoms with Gasteiger partial charge in [0.05, 0.1) is 7.11 Å². The fourth-order valence-electron chi connectivity index (χ4n) is 3.04. The van der Waals surface area contributed by atoms with E-state index in [1.807, 2.05) is 6.92 Å². The molecule has 0 amide bonds. The summed E-state index contributed by atoms with van der Waals surface area (Å²) >= 11 is 0. The van der Waals surface area contributed by atoms with E-state index in [0.717, 1.165) is 29.7 Å². The van der Waals surface area contributed by atoms with Gasteiger partial charge in [-0.2, -0.15) is 0 Å². The van der Waals surface area contributed by atoms with Crippen LogP contribution in [0.15, 0.2) is 11.6 Å². The molecule has 0 spiro atoms. The lowest BCUT2D eigenvalue weighted by atomic mass is 9.91. The summed E-state index contributed by atoms with van der Waals surface area (Å²) in [5.41, 5.74) is 1.13. The van der Waals surface area contributed by atoms with Gasteiger partial charge in [-0.05, 0) is 37.5 Å². The third-order valence-electron chi connectivity index (χ3n) is 4.71. The smallest absolute Gasteiger partial charge is 0.330 e. The van der Waals surface area contributed by atoms with Gasteiger partial charge in [0.15, 0.2) is 0 Å². The van der Waals surface area contributed by atoms with Crippen LogP contribution in [-0.4, -0.2) is 13.1 Å². The Balaban J connectivity index is 3.65. The van der Waals surface area contributed by atoms with Crippen molar-refractivity contribution in [2.45, 2.75) is 92.4 Å². The van der Waals surface area contributed by atoms with Gasteiger partial charge in [-0.25, -0.2) is 4.79 Å². The molecule has 0 bridgehead atoms. The van der Waals surface area contributed by atoms with E-state index < -0.39 is 0 Å². The van der Waals surface area contributed by atoms with E-state index in [2.05, 4.69) is 32.4 Å². The van der Waals surface area contributed by atoms with Crippen molar-refractivity contribution in [3.8, 4) is 0 Å². The predicted octanol–water partition coefficient (Wildman–Crippen LogP) is 6.54. The molecule has 0 aromatic carbocycles. The van der Waals surface area contributed by atoms with E-state index in [1.165, 1.54) is 58.5 Å². The summed E-state index contributed by atoms with van der Waals surface area (Å²) in [6.07, 6.45) is 13.3. The summed E-state index contributed by atoms with van der Waals surface area (Å²) in [6.45, 7) is 11.4. The molecule has 2 heteroatoms. The highest BCUT2D eigenvalue weighted by Crippen LogP contribution is 2.22. The molecule has 0 heterocycles. The van der Waals surface area contributed by atoms with Crippen molar-refractivity contribution in [1.82, 2.24) is 0 Å². The van der Waals surface area contributed by atoms with Gasteiger partial charge in [0.1, 0.15) is 0 Å². The second-order valence-corrected chi connectivity index (χ2v) is 7.87. The third kappa shape index (κ3) is 14.5. The fourth-order valence-corrected chi connectivity index (χ4v) is 3.04. The lowest BCUT2D eigenvalue weighted by Gasteiger charge is -2.15. The Labute approximate surface area is 145 Å². The Bertz CT molecular complexity index is 331. The van der Waals surface area contributed by atoms with Gasteiger partial charge in [0.2, 0.25) is 0 Å². The number of allylic oxidation sites excluding steroid dienone is 1. The topological polar surface area (TPSA) is 26.3 Å². The van der Waals surface area contributed by atoms with Gasteiger partial charge in [-0.15, -0.1) is 0 Å². The molecule has 0 fully saturated rings. The molecule has 0 aromatic rings. The summed E-state index contributed by atoms with van der Waals surface area (Å²) < 4.78 is 4.65. The molecule has 0 aromatic heterocycles. The van der Waals surface area contributed by atoms with Gasteiger partial charge in [0, 0.05) is 6.08 Å². The maximum atomic E-state index is 11.1. The summed E-state index contributed by atoms with van der Waals surface area (Å²) in [5.74, 6) is 2.29. The molecule has 0 rings (SSSR count). The molecular weight excluding hydrogens is 284 g/mol. The van der Waals surface area contributed by atoms with Crippen LogP contribution >= 0.6 is 0 Å². The second-order valence-electron chi connectivity index (χ2n) is 7.87. The van der Waals surface area contributed by atoms with E-state index in [4.69, 9.17) is 0 Å². The fraction of sp³-hybridized carbons (Fsp3) is 0.857. The van der Waals surface area contributed by atoms with Crippen LogP contribution in [0.25, 0.3) is 0 Å². The van der Waals surface area contributed by atoms with Crippen molar-refractivity contribution >= 4 is 5.97 Å². The molecule has 136 valence electrons. The Hall–Kier alpha value is -0.790. The average molecular weight is 325 g/mol. The first-order chi connectivity index (χ1) is 10.8. The third-order valence-corrected chi connectivity index (χ3v) is 4.71. The minimum atomic E-state index is -0.234. The average Bonchev–Trinajstić information content (AvgIpc) is 2.46. The number of hydrogen-bond donors (Lipinski definition) is 0. The second kappa shape index (κ2) is 13.6. The van der Waals surface area contributed by atoms with Crippen molar-refractivity contribution in [2.24, 2.45) is 17.8 Å². The maximum Gasteiger partial charge on any atom is 0.330 e. The van der Waals surface area contributed by atoms with Crippen molar-refractivity contribution in [2.75, 3.05) is 7.11 Å². The van der Waals surface area contributed by atoms with Crippen LogP contribution in [-0.2, 0) is 9.53 Å². The first kappa shape index (κ1) is 22.2. The van der Waals surface area contributed by atoms with Gasteiger partial charge in [-0.3, -0.25) is 0 Å². The van der Waals surface area contributed by atoms with Crippen LogP contribution in [0.4, 0.5) is 0 Å². The molecule has 0 aliphatic carbocycles. The molecule has 2 atom stereocenters. The zero-order chi connectivity index (χ0) is 17.7. The molecule has 0 saturated carbocycles. The zero-order valence-electron chi connectivity index (χ0n) is 16.5.